The molecule has 15 heavy (non-hydrogen) atoms. The van der Waals surface area contributed by atoms with E-state index < -0.39 is 18.0 Å². The fourth-order valence-electron chi connectivity index (χ4n) is 1.03. The summed E-state index contributed by atoms with van der Waals surface area (Å²) in [6.45, 7) is 0. The van der Waals surface area contributed by atoms with Crippen LogP contribution in [0, 0.1) is 5.82 Å². The third-order valence-electron chi connectivity index (χ3n) is 1.84. The SMILES string of the molecule is COC(CCl)NC(=O)c1ccccc1F. The standard InChI is InChI=1S/C10H11ClFNO2/c1-15-9(6-11)13-10(14)7-4-2-3-5-8(7)12/h2-5,9H,6H2,1H3,(H,13,14). The molecule has 0 heterocycles. The molecule has 0 spiro atoms. The first-order valence-corrected chi connectivity index (χ1v) is 4.86. The van der Waals surface area contributed by atoms with Crippen LogP contribution in [0.15, 0.2) is 24.3 Å². The van der Waals surface area contributed by atoms with Gasteiger partial charge in [-0.2, -0.15) is 0 Å². The van der Waals surface area contributed by atoms with Crippen LogP contribution in [0.3, 0.4) is 0 Å². The van der Waals surface area contributed by atoms with E-state index in [2.05, 4.69) is 5.32 Å². The molecule has 0 saturated carbocycles. The number of benzene rings is 1. The fraction of sp³-hybridized carbons (Fsp3) is 0.300. The average Bonchev–Trinajstić information content (AvgIpc) is 2.26. The van der Waals surface area contributed by atoms with Gasteiger partial charge >= 0.3 is 0 Å². The van der Waals surface area contributed by atoms with Gasteiger partial charge in [0, 0.05) is 7.11 Å². The van der Waals surface area contributed by atoms with Crippen molar-refractivity contribution in [1.29, 1.82) is 0 Å². The van der Waals surface area contributed by atoms with Gasteiger partial charge in [0.25, 0.3) is 5.91 Å². The zero-order valence-corrected chi connectivity index (χ0v) is 8.92. The lowest BCUT2D eigenvalue weighted by molar-refractivity contribution is 0.0667. The number of alkyl halides is 1. The molecule has 0 aliphatic carbocycles. The van der Waals surface area contributed by atoms with Crippen molar-refractivity contribution in [2.24, 2.45) is 0 Å². The van der Waals surface area contributed by atoms with Crippen molar-refractivity contribution in [3.63, 3.8) is 0 Å². The molecule has 0 saturated heterocycles. The van der Waals surface area contributed by atoms with E-state index in [1.54, 1.807) is 6.07 Å². The predicted octanol–water partition coefficient (Wildman–Crippen LogP) is 1.77. The van der Waals surface area contributed by atoms with Crippen LogP contribution < -0.4 is 5.32 Å². The Morgan fingerprint density at radius 2 is 2.27 bits per heavy atom. The molecule has 0 fully saturated rings. The van der Waals surface area contributed by atoms with Gasteiger partial charge in [0.15, 0.2) is 0 Å². The second-order valence-corrected chi connectivity index (χ2v) is 3.14. The van der Waals surface area contributed by atoms with E-state index in [0.29, 0.717) is 0 Å². The zero-order valence-electron chi connectivity index (χ0n) is 8.17. The molecule has 0 aromatic heterocycles. The lowest BCUT2D eigenvalue weighted by atomic mass is 10.2. The van der Waals surface area contributed by atoms with Gasteiger partial charge in [0.05, 0.1) is 11.4 Å². The number of hydrogen-bond donors (Lipinski definition) is 1. The number of amides is 1. The van der Waals surface area contributed by atoms with Crippen molar-refractivity contribution in [3.05, 3.63) is 35.6 Å². The van der Waals surface area contributed by atoms with E-state index in [0.717, 1.165) is 0 Å². The molecular formula is C10H11ClFNO2. The number of methoxy groups -OCH3 is 1. The minimum atomic E-state index is -0.612. The van der Waals surface area contributed by atoms with E-state index in [9.17, 15) is 9.18 Å². The van der Waals surface area contributed by atoms with Gasteiger partial charge in [-0.3, -0.25) is 4.79 Å². The third-order valence-corrected chi connectivity index (χ3v) is 2.12. The number of carbonyl (C=O) groups excluding carboxylic acids is 1. The van der Waals surface area contributed by atoms with E-state index in [1.807, 2.05) is 0 Å². The normalized spacial score (nSPS) is 12.2. The van der Waals surface area contributed by atoms with Crippen molar-refractivity contribution in [1.82, 2.24) is 5.32 Å². The second kappa shape index (κ2) is 5.68. The van der Waals surface area contributed by atoms with Crippen LogP contribution >= 0.6 is 11.6 Å². The number of rotatable bonds is 4. The van der Waals surface area contributed by atoms with E-state index in [-0.39, 0.29) is 11.4 Å². The van der Waals surface area contributed by atoms with Gasteiger partial charge in [-0.05, 0) is 12.1 Å². The summed E-state index contributed by atoms with van der Waals surface area (Å²) in [6.07, 6.45) is -0.612. The summed E-state index contributed by atoms with van der Waals surface area (Å²) in [6, 6.07) is 5.71. The maximum absolute atomic E-state index is 13.2. The summed E-state index contributed by atoms with van der Waals surface area (Å²) in [5.41, 5.74) is -0.0235. The number of halogens is 2. The molecule has 1 aromatic carbocycles. The topological polar surface area (TPSA) is 38.3 Å². The van der Waals surface area contributed by atoms with Crippen molar-refractivity contribution in [2.45, 2.75) is 6.23 Å². The first kappa shape index (κ1) is 11.9. The second-order valence-electron chi connectivity index (χ2n) is 2.83. The maximum atomic E-state index is 13.2. The number of nitrogens with one attached hydrogen (secondary N) is 1. The molecule has 1 amide bonds. The minimum Gasteiger partial charge on any atom is -0.360 e. The van der Waals surface area contributed by atoms with Crippen LogP contribution in [0.1, 0.15) is 10.4 Å². The molecule has 1 rings (SSSR count). The largest absolute Gasteiger partial charge is 0.360 e. The smallest absolute Gasteiger partial charge is 0.256 e. The van der Waals surface area contributed by atoms with Crippen molar-refractivity contribution < 1.29 is 13.9 Å². The van der Waals surface area contributed by atoms with Crippen LogP contribution in [0.25, 0.3) is 0 Å². The lowest BCUT2D eigenvalue weighted by Crippen LogP contribution is -2.37. The van der Waals surface area contributed by atoms with Crippen LogP contribution in [0.4, 0.5) is 4.39 Å². The summed E-state index contributed by atoms with van der Waals surface area (Å²) in [7, 11) is 1.41. The van der Waals surface area contributed by atoms with E-state index in [1.165, 1.54) is 25.3 Å². The molecule has 82 valence electrons. The van der Waals surface area contributed by atoms with Crippen LogP contribution in [0.5, 0.6) is 0 Å². The molecule has 0 aliphatic rings. The first-order chi connectivity index (χ1) is 7.19. The molecule has 3 nitrogen and oxygen atoms in total. The monoisotopic (exact) mass is 231 g/mol. The third kappa shape index (κ3) is 3.18. The van der Waals surface area contributed by atoms with E-state index >= 15 is 0 Å². The van der Waals surface area contributed by atoms with Gasteiger partial charge in [0.2, 0.25) is 0 Å². The average molecular weight is 232 g/mol. The Labute approximate surface area is 92.2 Å². The Bertz CT molecular complexity index is 342. The van der Waals surface area contributed by atoms with Crippen LogP contribution in [-0.4, -0.2) is 25.1 Å². The van der Waals surface area contributed by atoms with Crippen molar-refractivity contribution >= 4 is 17.5 Å². The van der Waals surface area contributed by atoms with Crippen LogP contribution in [0.2, 0.25) is 0 Å². The van der Waals surface area contributed by atoms with Gasteiger partial charge in [0.1, 0.15) is 12.0 Å². The lowest BCUT2D eigenvalue weighted by Gasteiger charge is -2.14. The molecule has 0 aliphatic heterocycles. The Morgan fingerprint density at radius 3 is 2.80 bits per heavy atom. The first-order valence-electron chi connectivity index (χ1n) is 4.33. The quantitative estimate of drug-likeness (QED) is 0.634. The molecular weight excluding hydrogens is 221 g/mol. The predicted molar refractivity (Wildman–Crippen MR) is 55.4 cm³/mol. The zero-order chi connectivity index (χ0) is 11.3. The Kier molecular flexibility index (Phi) is 4.52. The highest BCUT2D eigenvalue weighted by atomic mass is 35.5. The molecule has 1 N–H and O–H groups in total. The Morgan fingerprint density at radius 1 is 1.60 bits per heavy atom. The summed E-state index contributed by atoms with van der Waals surface area (Å²) in [4.78, 5) is 11.5. The highest BCUT2D eigenvalue weighted by molar-refractivity contribution is 6.18. The fourth-order valence-corrected chi connectivity index (χ4v) is 1.23. The molecule has 1 atom stereocenters. The maximum Gasteiger partial charge on any atom is 0.256 e. The number of carbonyl (C=O) groups is 1. The summed E-state index contributed by atoms with van der Waals surface area (Å²) in [5, 5.41) is 2.44. The molecule has 5 heteroatoms. The summed E-state index contributed by atoms with van der Waals surface area (Å²) in [5.74, 6) is -1.00. The van der Waals surface area contributed by atoms with Crippen LogP contribution in [-0.2, 0) is 4.74 Å². The highest BCUT2D eigenvalue weighted by Crippen LogP contribution is 2.06. The number of ether oxygens (including phenoxy) is 1. The van der Waals surface area contributed by atoms with Gasteiger partial charge in [-0.15, -0.1) is 11.6 Å². The van der Waals surface area contributed by atoms with Gasteiger partial charge < -0.3 is 10.1 Å². The molecule has 1 aromatic rings. The van der Waals surface area contributed by atoms with E-state index in [4.69, 9.17) is 16.3 Å². The van der Waals surface area contributed by atoms with Crippen molar-refractivity contribution in [2.75, 3.05) is 13.0 Å². The minimum absolute atomic E-state index is 0.0235. The van der Waals surface area contributed by atoms with Gasteiger partial charge in [-0.25, -0.2) is 4.39 Å². The van der Waals surface area contributed by atoms with Crippen molar-refractivity contribution in [3.8, 4) is 0 Å². The molecule has 0 bridgehead atoms. The summed E-state index contributed by atoms with van der Waals surface area (Å²) < 4.78 is 18.0. The molecule has 1 unspecified atom stereocenters. The Balaban J connectivity index is 2.73. The summed E-state index contributed by atoms with van der Waals surface area (Å²) >= 11 is 5.51. The number of hydrogen-bond acceptors (Lipinski definition) is 2. The Hall–Kier alpha value is -1.13. The molecule has 0 radical (unpaired) electrons. The highest BCUT2D eigenvalue weighted by Gasteiger charge is 2.14. The van der Waals surface area contributed by atoms with Gasteiger partial charge in [-0.1, -0.05) is 12.1 Å².